The van der Waals surface area contributed by atoms with Gasteiger partial charge in [0.25, 0.3) is 0 Å². The van der Waals surface area contributed by atoms with Gasteiger partial charge < -0.3 is 5.32 Å². The molecule has 1 aromatic rings. The molecular formula is C15H24N2. The van der Waals surface area contributed by atoms with Crippen LogP contribution in [0.3, 0.4) is 0 Å². The molecular weight excluding hydrogens is 208 g/mol. The van der Waals surface area contributed by atoms with Gasteiger partial charge in [0, 0.05) is 25.0 Å². The molecule has 0 amide bonds. The first-order chi connectivity index (χ1) is 8.09. The molecule has 2 heteroatoms. The monoisotopic (exact) mass is 232 g/mol. The van der Waals surface area contributed by atoms with Crippen LogP contribution in [-0.2, 0) is 6.54 Å². The Morgan fingerprint density at radius 2 is 2.24 bits per heavy atom. The fraction of sp³-hybridized carbons (Fsp3) is 0.667. The van der Waals surface area contributed by atoms with Gasteiger partial charge >= 0.3 is 0 Å². The van der Waals surface area contributed by atoms with Gasteiger partial charge in [-0.05, 0) is 42.4 Å². The molecule has 1 aliphatic carbocycles. The number of aromatic nitrogens is 1. The maximum absolute atomic E-state index is 4.14. The van der Waals surface area contributed by atoms with E-state index in [0.717, 1.165) is 6.54 Å². The van der Waals surface area contributed by atoms with E-state index in [1.54, 1.807) is 0 Å². The van der Waals surface area contributed by atoms with Crippen molar-refractivity contribution in [3.63, 3.8) is 0 Å². The fourth-order valence-electron chi connectivity index (χ4n) is 2.81. The summed E-state index contributed by atoms with van der Waals surface area (Å²) < 4.78 is 0. The van der Waals surface area contributed by atoms with E-state index in [1.165, 1.54) is 36.8 Å². The highest BCUT2D eigenvalue weighted by Gasteiger charge is 2.31. The molecule has 1 fully saturated rings. The lowest BCUT2D eigenvalue weighted by Crippen LogP contribution is -2.43. The van der Waals surface area contributed by atoms with Crippen LogP contribution in [0.1, 0.15) is 50.7 Å². The number of aryl methyl sites for hydroxylation is 1. The van der Waals surface area contributed by atoms with E-state index in [4.69, 9.17) is 0 Å². The van der Waals surface area contributed by atoms with Crippen molar-refractivity contribution in [3.8, 4) is 0 Å². The predicted molar refractivity (Wildman–Crippen MR) is 71.9 cm³/mol. The van der Waals surface area contributed by atoms with Gasteiger partial charge in [0.15, 0.2) is 0 Å². The molecule has 0 spiro atoms. The molecule has 0 bridgehead atoms. The molecule has 0 aliphatic heterocycles. The highest BCUT2D eigenvalue weighted by molar-refractivity contribution is 5.21. The Labute approximate surface area is 105 Å². The minimum Gasteiger partial charge on any atom is -0.309 e. The number of nitrogens with one attached hydrogen (secondary N) is 1. The Balaban J connectivity index is 1.96. The van der Waals surface area contributed by atoms with Crippen LogP contribution in [0.25, 0.3) is 0 Å². The summed E-state index contributed by atoms with van der Waals surface area (Å²) in [6.45, 7) is 7.89. The van der Waals surface area contributed by atoms with Crippen LogP contribution in [0.5, 0.6) is 0 Å². The Bertz CT molecular complexity index is 371. The molecule has 0 radical (unpaired) electrons. The zero-order chi connectivity index (χ0) is 12.3. The van der Waals surface area contributed by atoms with Crippen molar-refractivity contribution in [1.82, 2.24) is 10.3 Å². The molecule has 17 heavy (non-hydrogen) atoms. The highest BCUT2D eigenvalue weighted by Crippen LogP contribution is 2.35. The normalized spacial score (nSPS) is 23.6. The summed E-state index contributed by atoms with van der Waals surface area (Å²) in [6.07, 6.45) is 9.26. The van der Waals surface area contributed by atoms with Crippen LogP contribution >= 0.6 is 0 Å². The first-order valence-corrected chi connectivity index (χ1v) is 6.72. The number of pyridine rings is 1. The molecule has 1 aromatic heterocycles. The standard InChI is InChI=1S/C15H24N2/c1-12-10-16-9-7-13(12)11-17-14-6-4-5-8-15(14,2)3/h7,9-10,14,17H,4-6,8,11H2,1-3H3. The molecule has 1 aliphatic rings. The molecule has 1 N–H and O–H groups in total. The molecule has 0 saturated heterocycles. The van der Waals surface area contributed by atoms with E-state index >= 15 is 0 Å². The van der Waals surface area contributed by atoms with Crippen LogP contribution in [0, 0.1) is 12.3 Å². The summed E-state index contributed by atoms with van der Waals surface area (Å²) in [5.41, 5.74) is 3.11. The van der Waals surface area contributed by atoms with Gasteiger partial charge in [-0.2, -0.15) is 0 Å². The van der Waals surface area contributed by atoms with Gasteiger partial charge in [-0.15, -0.1) is 0 Å². The van der Waals surface area contributed by atoms with Crippen LogP contribution in [0.15, 0.2) is 18.5 Å². The van der Waals surface area contributed by atoms with Crippen molar-refractivity contribution < 1.29 is 0 Å². The second-order valence-corrected chi connectivity index (χ2v) is 5.97. The van der Waals surface area contributed by atoms with Crippen LogP contribution in [-0.4, -0.2) is 11.0 Å². The van der Waals surface area contributed by atoms with Gasteiger partial charge in [0.2, 0.25) is 0 Å². The lowest BCUT2D eigenvalue weighted by molar-refractivity contribution is 0.166. The summed E-state index contributed by atoms with van der Waals surface area (Å²) >= 11 is 0. The Kier molecular flexibility index (Phi) is 3.82. The molecule has 1 unspecified atom stereocenters. The maximum Gasteiger partial charge on any atom is 0.0300 e. The molecule has 1 saturated carbocycles. The third-order valence-electron chi connectivity index (χ3n) is 4.18. The van der Waals surface area contributed by atoms with E-state index in [9.17, 15) is 0 Å². The van der Waals surface area contributed by atoms with Crippen molar-refractivity contribution in [2.45, 2.75) is 59.0 Å². The SMILES string of the molecule is Cc1cnccc1CNC1CCCCC1(C)C. The van der Waals surface area contributed by atoms with Crippen LogP contribution in [0.4, 0.5) is 0 Å². The molecule has 2 rings (SSSR count). The molecule has 0 aromatic carbocycles. The van der Waals surface area contributed by atoms with Crippen molar-refractivity contribution in [3.05, 3.63) is 29.6 Å². The lowest BCUT2D eigenvalue weighted by Gasteiger charge is -2.39. The highest BCUT2D eigenvalue weighted by atomic mass is 14.9. The van der Waals surface area contributed by atoms with Gasteiger partial charge in [0.05, 0.1) is 0 Å². The van der Waals surface area contributed by atoms with E-state index in [2.05, 4.69) is 37.1 Å². The summed E-state index contributed by atoms with van der Waals surface area (Å²) in [4.78, 5) is 4.14. The van der Waals surface area contributed by atoms with E-state index < -0.39 is 0 Å². The average molecular weight is 232 g/mol. The molecule has 2 nitrogen and oxygen atoms in total. The zero-order valence-corrected chi connectivity index (χ0v) is 11.3. The first-order valence-electron chi connectivity index (χ1n) is 6.72. The van der Waals surface area contributed by atoms with Gasteiger partial charge in [-0.3, -0.25) is 4.98 Å². The van der Waals surface area contributed by atoms with E-state index in [0.29, 0.717) is 11.5 Å². The second kappa shape index (κ2) is 5.18. The summed E-state index contributed by atoms with van der Waals surface area (Å²) in [5, 5.41) is 3.74. The van der Waals surface area contributed by atoms with Crippen molar-refractivity contribution in [2.75, 3.05) is 0 Å². The number of rotatable bonds is 3. The summed E-state index contributed by atoms with van der Waals surface area (Å²) in [7, 11) is 0. The average Bonchev–Trinajstić information content (AvgIpc) is 2.29. The zero-order valence-electron chi connectivity index (χ0n) is 11.3. The minimum absolute atomic E-state index is 0.444. The first kappa shape index (κ1) is 12.6. The maximum atomic E-state index is 4.14. The quantitative estimate of drug-likeness (QED) is 0.863. The minimum atomic E-state index is 0.444. The number of nitrogens with zero attached hydrogens (tertiary/aromatic N) is 1. The Hall–Kier alpha value is -0.890. The Morgan fingerprint density at radius 3 is 2.94 bits per heavy atom. The van der Waals surface area contributed by atoms with E-state index in [1.807, 2.05) is 12.4 Å². The van der Waals surface area contributed by atoms with Gasteiger partial charge in [0.1, 0.15) is 0 Å². The van der Waals surface area contributed by atoms with Gasteiger partial charge in [-0.25, -0.2) is 0 Å². The summed E-state index contributed by atoms with van der Waals surface area (Å²) in [6, 6.07) is 2.78. The van der Waals surface area contributed by atoms with Crippen molar-refractivity contribution in [1.29, 1.82) is 0 Å². The van der Waals surface area contributed by atoms with Crippen LogP contribution < -0.4 is 5.32 Å². The lowest BCUT2D eigenvalue weighted by atomic mass is 9.73. The third-order valence-corrected chi connectivity index (χ3v) is 4.18. The largest absolute Gasteiger partial charge is 0.309 e. The van der Waals surface area contributed by atoms with Crippen molar-refractivity contribution >= 4 is 0 Å². The smallest absolute Gasteiger partial charge is 0.0300 e. The molecule has 1 heterocycles. The van der Waals surface area contributed by atoms with E-state index in [-0.39, 0.29) is 0 Å². The molecule has 94 valence electrons. The topological polar surface area (TPSA) is 24.9 Å². The number of hydrogen-bond acceptors (Lipinski definition) is 2. The molecule has 1 atom stereocenters. The number of hydrogen-bond donors (Lipinski definition) is 1. The fourth-order valence-corrected chi connectivity index (χ4v) is 2.81. The predicted octanol–water partition coefficient (Wildman–Crippen LogP) is 3.45. The summed E-state index contributed by atoms with van der Waals surface area (Å²) in [5.74, 6) is 0. The third kappa shape index (κ3) is 3.06. The Morgan fingerprint density at radius 1 is 1.41 bits per heavy atom. The van der Waals surface area contributed by atoms with Crippen molar-refractivity contribution in [2.24, 2.45) is 5.41 Å². The van der Waals surface area contributed by atoms with Gasteiger partial charge in [-0.1, -0.05) is 26.7 Å². The second-order valence-electron chi connectivity index (χ2n) is 5.97. The van der Waals surface area contributed by atoms with Crippen LogP contribution in [0.2, 0.25) is 0 Å².